The number of hydrogen-bond acceptors (Lipinski definition) is 4. The zero-order valence-corrected chi connectivity index (χ0v) is 15.2. The molecule has 1 aliphatic heterocycles. The van der Waals surface area contributed by atoms with Crippen LogP contribution in [0.5, 0.6) is 0 Å². The third kappa shape index (κ3) is 4.03. The van der Waals surface area contributed by atoms with Crippen LogP contribution in [0.15, 0.2) is 24.3 Å². The molecular weight excluding hydrogens is 330 g/mol. The van der Waals surface area contributed by atoms with E-state index in [0.717, 1.165) is 18.8 Å². The predicted molar refractivity (Wildman–Crippen MR) is 100.0 cm³/mol. The molecule has 1 aromatic carbocycles. The monoisotopic (exact) mass is 351 g/mol. The van der Waals surface area contributed by atoms with Crippen LogP contribution in [0.3, 0.4) is 0 Å². The van der Waals surface area contributed by atoms with Crippen molar-refractivity contribution >= 4 is 51.5 Å². The number of para-hydroxylation sites is 2. The second kappa shape index (κ2) is 7.79. The van der Waals surface area contributed by atoms with Crippen molar-refractivity contribution in [1.29, 1.82) is 0 Å². The van der Waals surface area contributed by atoms with Gasteiger partial charge in [-0.2, -0.15) is 0 Å². The summed E-state index contributed by atoms with van der Waals surface area (Å²) in [5, 5.41) is 2.44. The number of carbonyl (C=O) groups is 2. The van der Waals surface area contributed by atoms with Crippen molar-refractivity contribution in [2.75, 3.05) is 29.9 Å². The first-order valence-electron chi connectivity index (χ1n) is 7.63. The number of rotatable bonds is 4. The van der Waals surface area contributed by atoms with Gasteiger partial charge in [-0.1, -0.05) is 36.1 Å². The summed E-state index contributed by atoms with van der Waals surface area (Å²) in [6.07, 6.45) is 0. The lowest BCUT2D eigenvalue weighted by Crippen LogP contribution is -2.45. The van der Waals surface area contributed by atoms with Gasteiger partial charge in [0.2, 0.25) is 11.8 Å². The molecule has 0 aliphatic carbocycles. The van der Waals surface area contributed by atoms with E-state index in [1.54, 1.807) is 6.07 Å². The Balaban J connectivity index is 2.14. The van der Waals surface area contributed by atoms with Gasteiger partial charge in [0.15, 0.2) is 0 Å². The number of hydrogen-bond donors (Lipinski definition) is 1. The predicted octanol–water partition coefficient (Wildman–Crippen LogP) is 2.72. The molecular formula is C16H21N3O2S2. The van der Waals surface area contributed by atoms with Crippen LogP contribution < -0.4 is 10.2 Å². The summed E-state index contributed by atoms with van der Waals surface area (Å²) in [6, 6.07) is 7.33. The van der Waals surface area contributed by atoms with Gasteiger partial charge in [-0.25, -0.2) is 0 Å². The average molecular weight is 351 g/mol. The minimum atomic E-state index is -0.345. The Morgan fingerprint density at radius 1 is 1.39 bits per heavy atom. The summed E-state index contributed by atoms with van der Waals surface area (Å²) >= 11 is 6.78. The van der Waals surface area contributed by atoms with Crippen molar-refractivity contribution < 1.29 is 9.59 Å². The Kier molecular flexibility index (Phi) is 6.01. The molecule has 1 atom stereocenters. The number of anilines is 2. The van der Waals surface area contributed by atoms with E-state index in [1.165, 1.54) is 16.7 Å². The van der Waals surface area contributed by atoms with E-state index in [4.69, 9.17) is 12.2 Å². The molecule has 0 unspecified atom stereocenters. The number of nitrogens with zero attached hydrogens (tertiary/aromatic N) is 2. The Labute approximate surface area is 146 Å². The molecule has 0 spiro atoms. The van der Waals surface area contributed by atoms with Crippen LogP contribution in [-0.2, 0) is 9.59 Å². The van der Waals surface area contributed by atoms with E-state index < -0.39 is 0 Å². The van der Waals surface area contributed by atoms with Crippen molar-refractivity contribution in [3.63, 3.8) is 0 Å². The maximum absolute atomic E-state index is 12.8. The molecule has 5 nitrogen and oxygen atoms in total. The third-order valence-electron chi connectivity index (χ3n) is 3.68. The highest BCUT2D eigenvalue weighted by Gasteiger charge is 2.30. The van der Waals surface area contributed by atoms with Crippen LogP contribution in [0.1, 0.15) is 20.8 Å². The van der Waals surface area contributed by atoms with Crippen LogP contribution in [0, 0.1) is 0 Å². The molecule has 1 heterocycles. The Morgan fingerprint density at radius 2 is 2.04 bits per heavy atom. The number of amides is 2. The highest BCUT2D eigenvalue weighted by atomic mass is 32.2. The van der Waals surface area contributed by atoms with E-state index in [-0.39, 0.29) is 23.6 Å². The van der Waals surface area contributed by atoms with Crippen LogP contribution in [0.2, 0.25) is 0 Å². The highest BCUT2D eigenvalue weighted by molar-refractivity contribution is 8.23. The van der Waals surface area contributed by atoms with Crippen molar-refractivity contribution in [2.45, 2.75) is 26.0 Å². The quantitative estimate of drug-likeness (QED) is 0.846. The van der Waals surface area contributed by atoms with Crippen LogP contribution in [0.4, 0.5) is 11.4 Å². The fourth-order valence-corrected chi connectivity index (χ4v) is 4.04. The molecule has 1 aliphatic rings. The van der Waals surface area contributed by atoms with E-state index in [2.05, 4.69) is 5.32 Å². The van der Waals surface area contributed by atoms with Gasteiger partial charge in [0.1, 0.15) is 10.9 Å². The van der Waals surface area contributed by atoms with Crippen molar-refractivity contribution in [2.24, 2.45) is 0 Å². The highest BCUT2D eigenvalue weighted by Crippen LogP contribution is 2.31. The largest absolute Gasteiger partial charge is 0.358 e. The van der Waals surface area contributed by atoms with Gasteiger partial charge in [-0.05, 0) is 32.9 Å². The zero-order valence-electron chi connectivity index (χ0n) is 13.5. The second-order valence-electron chi connectivity index (χ2n) is 5.19. The standard InChI is InChI=1S/C16H21N3O2S2/c1-4-18(5-2)16(22)23-11(3)15(21)19-10-14(20)17-12-8-6-7-9-13(12)19/h6-9,11H,4-5,10H2,1-3H3,(H,17,20)/t11-/m0/s1. The van der Waals surface area contributed by atoms with Crippen molar-refractivity contribution in [1.82, 2.24) is 4.90 Å². The maximum Gasteiger partial charge on any atom is 0.244 e. The van der Waals surface area contributed by atoms with Gasteiger partial charge >= 0.3 is 0 Å². The Morgan fingerprint density at radius 3 is 2.70 bits per heavy atom. The van der Waals surface area contributed by atoms with E-state index in [9.17, 15) is 9.59 Å². The molecule has 2 rings (SSSR count). The van der Waals surface area contributed by atoms with Gasteiger partial charge < -0.3 is 10.2 Å². The molecule has 0 bridgehead atoms. The summed E-state index contributed by atoms with van der Waals surface area (Å²) < 4.78 is 0.714. The summed E-state index contributed by atoms with van der Waals surface area (Å²) in [5.41, 5.74) is 1.40. The molecule has 124 valence electrons. The number of fused-ring (bicyclic) bond motifs is 1. The number of benzene rings is 1. The molecule has 1 N–H and O–H groups in total. The number of thiocarbonyl (C=S) groups is 1. The minimum Gasteiger partial charge on any atom is -0.358 e. The summed E-state index contributed by atoms with van der Waals surface area (Å²) in [7, 11) is 0. The molecule has 0 saturated heterocycles. The molecule has 0 aromatic heterocycles. The Bertz CT molecular complexity index is 617. The Hall–Kier alpha value is -1.60. The van der Waals surface area contributed by atoms with E-state index in [0.29, 0.717) is 10.0 Å². The van der Waals surface area contributed by atoms with Crippen molar-refractivity contribution in [3.05, 3.63) is 24.3 Å². The minimum absolute atomic E-state index is 0.0405. The van der Waals surface area contributed by atoms with Gasteiger partial charge in [0.25, 0.3) is 0 Å². The summed E-state index contributed by atoms with van der Waals surface area (Å²) in [4.78, 5) is 28.2. The molecule has 0 saturated carbocycles. The third-order valence-corrected chi connectivity index (χ3v) is 5.25. The van der Waals surface area contributed by atoms with E-state index in [1.807, 2.05) is 43.9 Å². The lowest BCUT2D eigenvalue weighted by Gasteiger charge is -2.31. The zero-order chi connectivity index (χ0) is 17.0. The second-order valence-corrected chi connectivity index (χ2v) is 7.16. The fraction of sp³-hybridized carbons (Fsp3) is 0.438. The van der Waals surface area contributed by atoms with Crippen molar-refractivity contribution in [3.8, 4) is 0 Å². The van der Waals surface area contributed by atoms with Gasteiger partial charge in [-0.3, -0.25) is 14.5 Å². The number of thioether (sulfide) groups is 1. The molecule has 23 heavy (non-hydrogen) atoms. The first-order valence-corrected chi connectivity index (χ1v) is 8.92. The molecule has 2 amide bonds. The average Bonchev–Trinajstić information content (AvgIpc) is 2.54. The first kappa shape index (κ1) is 17.7. The maximum atomic E-state index is 12.8. The van der Waals surface area contributed by atoms with Gasteiger partial charge in [0, 0.05) is 13.1 Å². The van der Waals surface area contributed by atoms with Gasteiger partial charge in [-0.15, -0.1) is 0 Å². The molecule has 1 aromatic rings. The normalized spacial score (nSPS) is 14.7. The van der Waals surface area contributed by atoms with Crippen LogP contribution in [0.25, 0.3) is 0 Å². The summed E-state index contributed by atoms with van der Waals surface area (Å²) in [5.74, 6) is -0.285. The van der Waals surface area contributed by atoms with Gasteiger partial charge in [0.05, 0.1) is 16.6 Å². The number of nitrogens with one attached hydrogen (secondary N) is 1. The fourth-order valence-electron chi connectivity index (χ4n) is 2.41. The first-order chi connectivity index (χ1) is 11.0. The summed E-state index contributed by atoms with van der Waals surface area (Å²) in [6.45, 7) is 7.58. The lowest BCUT2D eigenvalue weighted by atomic mass is 10.2. The lowest BCUT2D eigenvalue weighted by molar-refractivity contribution is -0.121. The smallest absolute Gasteiger partial charge is 0.244 e. The van der Waals surface area contributed by atoms with Crippen LogP contribution >= 0.6 is 24.0 Å². The van der Waals surface area contributed by atoms with E-state index >= 15 is 0 Å². The molecule has 0 fully saturated rings. The molecule has 0 radical (unpaired) electrons. The van der Waals surface area contributed by atoms with Crippen LogP contribution in [-0.4, -0.2) is 45.9 Å². The SMILES string of the molecule is CCN(CC)C(=S)S[C@@H](C)C(=O)N1CC(=O)Nc2ccccc21. The topological polar surface area (TPSA) is 52.7 Å². The number of carbonyl (C=O) groups excluding carboxylic acids is 2. The molecule has 7 heteroatoms.